The molecule has 1 N–H and O–H groups in total. The van der Waals surface area contributed by atoms with Gasteiger partial charge in [-0.2, -0.15) is 0 Å². The molecule has 2 aromatic rings. The van der Waals surface area contributed by atoms with Crippen LogP contribution in [0.15, 0.2) is 54.2 Å². The maximum absolute atomic E-state index is 12.5. The number of rotatable bonds is 4. The van der Waals surface area contributed by atoms with Crippen LogP contribution in [0.3, 0.4) is 0 Å². The van der Waals surface area contributed by atoms with Crippen molar-refractivity contribution in [3.63, 3.8) is 0 Å². The molecule has 0 saturated carbocycles. The Morgan fingerprint density at radius 1 is 0.923 bits per heavy atom. The molecule has 0 bridgehead atoms. The first-order valence-electron chi connectivity index (χ1n) is 7.29. The quantitative estimate of drug-likeness (QED) is 0.503. The second kappa shape index (κ2) is 5.97. The van der Waals surface area contributed by atoms with Crippen molar-refractivity contribution in [3.8, 4) is 0 Å². The van der Waals surface area contributed by atoms with Crippen LogP contribution < -0.4 is 0 Å². The van der Waals surface area contributed by atoms with E-state index in [9.17, 15) is 34.9 Å². The van der Waals surface area contributed by atoms with Crippen LogP contribution in [0, 0.1) is 20.2 Å². The molecular weight excluding hydrogens is 344 g/mol. The molecular formula is C17H10N2O7. The Balaban J connectivity index is 2.22. The number of hydrogen-bond acceptors (Lipinski definition) is 7. The summed E-state index contributed by atoms with van der Waals surface area (Å²) in [5, 5.41) is 33.3. The zero-order chi connectivity index (χ0) is 19.1. The average molecular weight is 354 g/mol. The number of Topliss-reactive ketones (excluding diaryl/α,β-unsaturated/α-hetero) is 2. The van der Waals surface area contributed by atoms with E-state index in [1.165, 1.54) is 42.5 Å². The molecule has 0 heterocycles. The Morgan fingerprint density at radius 2 is 1.42 bits per heavy atom. The number of benzene rings is 2. The summed E-state index contributed by atoms with van der Waals surface area (Å²) in [5.41, 5.74) is -5.15. The van der Waals surface area contributed by atoms with Crippen LogP contribution in [-0.4, -0.2) is 32.1 Å². The van der Waals surface area contributed by atoms with Gasteiger partial charge >= 0.3 is 0 Å². The SMILES string of the molecule is O=C1c2ccccc2C(=O)C1(O)/C(=C/c1ccccc1[N+](=O)[O-])[N+](=O)[O-]. The van der Waals surface area contributed by atoms with Gasteiger partial charge in [0.25, 0.3) is 17.0 Å². The van der Waals surface area contributed by atoms with Crippen molar-refractivity contribution in [2.24, 2.45) is 0 Å². The number of nitro groups is 2. The van der Waals surface area contributed by atoms with Gasteiger partial charge in [0.2, 0.25) is 11.6 Å². The Bertz CT molecular complexity index is 975. The first kappa shape index (κ1) is 17.1. The molecule has 1 aliphatic carbocycles. The molecule has 0 unspecified atom stereocenters. The van der Waals surface area contributed by atoms with E-state index < -0.39 is 38.4 Å². The third-order valence-corrected chi connectivity index (χ3v) is 4.07. The largest absolute Gasteiger partial charge is 0.366 e. The van der Waals surface area contributed by atoms with Crippen molar-refractivity contribution in [1.29, 1.82) is 0 Å². The molecule has 26 heavy (non-hydrogen) atoms. The number of hydrogen-bond donors (Lipinski definition) is 1. The number of aliphatic hydroxyl groups is 1. The van der Waals surface area contributed by atoms with Crippen LogP contribution in [0.4, 0.5) is 5.69 Å². The van der Waals surface area contributed by atoms with Gasteiger partial charge in [0.1, 0.15) is 0 Å². The van der Waals surface area contributed by atoms with Crippen molar-refractivity contribution < 1.29 is 24.5 Å². The van der Waals surface area contributed by atoms with Gasteiger partial charge in [-0.25, -0.2) is 0 Å². The molecule has 0 atom stereocenters. The van der Waals surface area contributed by atoms with Crippen LogP contribution in [0.2, 0.25) is 0 Å². The molecule has 9 heteroatoms. The van der Waals surface area contributed by atoms with E-state index in [0.717, 1.165) is 6.07 Å². The molecule has 0 aromatic heterocycles. The van der Waals surface area contributed by atoms with E-state index >= 15 is 0 Å². The fourth-order valence-electron chi connectivity index (χ4n) is 2.82. The zero-order valence-corrected chi connectivity index (χ0v) is 13.0. The van der Waals surface area contributed by atoms with Crippen molar-refractivity contribution >= 4 is 23.3 Å². The fraction of sp³-hybridized carbons (Fsp3) is 0.0588. The monoisotopic (exact) mass is 354 g/mol. The first-order valence-corrected chi connectivity index (χ1v) is 7.29. The lowest BCUT2D eigenvalue weighted by Gasteiger charge is -2.15. The molecule has 130 valence electrons. The minimum atomic E-state index is -3.04. The third-order valence-electron chi connectivity index (χ3n) is 4.07. The number of carbonyl (C=O) groups excluding carboxylic acids is 2. The van der Waals surface area contributed by atoms with E-state index in [1.54, 1.807) is 0 Å². The van der Waals surface area contributed by atoms with E-state index in [-0.39, 0.29) is 16.7 Å². The Morgan fingerprint density at radius 3 is 1.92 bits per heavy atom. The summed E-state index contributed by atoms with van der Waals surface area (Å²) >= 11 is 0. The molecule has 3 rings (SSSR count). The minimum Gasteiger partial charge on any atom is -0.366 e. The summed E-state index contributed by atoms with van der Waals surface area (Å²) in [4.78, 5) is 45.8. The Labute approximate surface area is 145 Å². The number of para-hydroxylation sites is 1. The first-order chi connectivity index (χ1) is 12.3. The molecule has 1 aliphatic rings. The van der Waals surface area contributed by atoms with Gasteiger partial charge in [0, 0.05) is 23.3 Å². The molecule has 0 radical (unpaired) electrons. The molecule has 0 spiro atoms. The summed E-state index contributed by atoms with van der Waals surface area (Å²) in [7, 11) is 0. The highest BCUT2D eigenvalue weighted by Crippen LogP contribution is 2.37. The van der Waals surface area contributed by atoms with Crippen LogP contribution in [0.5, 0.6) is 0 Å². The second-order valence-electron chi connectivity index (χ2n) is 5.52. The maximum Gasteiger partial charge on any atom is 0.294 e. The van der Waals surface area contributed by atoms with E-state index in [1.807, 2.05) is 0 Å². The highest BCUT2D eigenvalue weighted by molar-refractivity contribution is 6.33. The average Bonchev–Trinajstić information content (AvgIpc) is 2.82. The van der Waals surface area contributed by atoms with Gasteiger partial charge in [-0.05, 0) is 6.07 Å². The number of fused-ring (bicyclic) bond motifs is 1. The maximum atomic E-state index is 12.5. The number of nitro benzene ring substituents is 1. The van der Waals surface area contributed by atoms with Crippen LogP contribution in [0.25, 0.3) is 6.08 Å². The second-order valence-corrected chi connectivity index (χ2v) is 5.52. The third kappa shape index (κ3) is 2.38. The molecule has 0 aliphatic heterocycles. The van der Waals surface area contributed by atoms with Gasteiger partial charge < -0.3 is 5.11 Å². The molecule has 2 aromatic carbocycles. The van der Waals surface area contributed by atoms with E-state index in [0.29, 0.717) is 6.08 Å². The predicted molar refractivity (Wildman–Crippen MR) is 88.1 cm³/mol. The lowest BCUT2D eigenvalue weighted by molar-refractivity contribution is -0.435. The van der Waals surface area contributed by atoms with E-state index in [2.05, 4.69) is 0 Å². The van der Waals surface area contributed by atoms with Crippen molar-refractivity contribution in [2.45, 2.75) is 5.60 Å². The van der Waals surface area contributed by atoms with Crippen molar-refractivity contribution in [3.05, 3.63) is 91.1 Å². The number of ketones is 2. The highest BCUT2D eigenvalue weighted by Gasteiger charge is 2.60. The van der Waals surface area contributed by atoms with Gasteiger partial charge in [0.05, 0.1) is 15.4 Å². The van der Waals surface area contributed by atoms with Crippen molar-refractivity contribution in [1.82, 2.24) is 0 Å². The van der Waals surface area contributed by atoms with Crippen LogP contribution in [-0.2, 0) is 0 Å². The molecule has 0 amide bonds. The van der Waals surface area contributed by atoms with Crippen LogP contribution >= 0.6 is 0 Å². The van der Waals surface area contributed by atoms with Gasteiger partial charge in [-0.3, -0.25) is 29.8 Å². The smallest absolute Gasteiger partial charge is 0.294 e. The van der Waals surface area contributed by atoms with E-state index in [4.69, 9.17) is 0 Å². The minimum absolute atomic E-state index is 0.143. The number of carbonyl (C=O) groups is 2. The normalized spacial score (nSPS) is 15.7. The Hall–Kier alpha value is -3.72. The fourth-order valence-corrected chi connectivity index (χ4v) is 2.82. The predicted octanol–water partition coefficient (Wildman–Crippen LogP) is 2.02. The lowest BCUT2D eigenvalue weighted by atomic mass is 9.92. The summed E-state index contributed by atoms with van der Waals surface area (Å²) in [6.07, 6.45) is 0.680. The Kier molecular flexibility index (Phi) is 3.93. The topological polar surface area (TPSA) is 141 Å². The lowest BCUT2D eigenvalue weighted by Crippen LogP contribution is -2.45. The van der Waals surface area contributed by atoms with Crippen molar-refractivity contribution in [2.75, 3.05) is 0 Å². The summed E-state index contributed by atoms with van der Waals surface area (Å²) in [6.45, 7) is 0. The summed E-state index contributed by atoms with van der Waals surface area (Å²) in [5.74, 6) is -2.28. The van der Waals surface area contributed by atoms with Gasteiger partial charge in [-0.1, -0.05) is 36.4 Å². The molecule has 9 nitrogen and oxygen atoms in total. The highest BCUT2D eigenvalue weighted by atomic mass is 16.6. The summed E-state index contributed by atoms with van der Waals surface area (Å²) in [6, 6.07) is 10.5. The summed E-state index contributed by atoms with van der Waals surface area (Å²) < 4.78 is 0. The number of nitrogens with zero attached hydrogens (tertiary/aromatic N) is 2. The molecule has 0 saturated heterocycles. The van der Waals surface area contributed by atoms with Crippen LogP contribution in [0.1, 0.15) is 26.3 Å². The zero-order valence-electron chi connectivity index (χ0n) is 13.0. The standard InChI is InChI=1S/C17H10N2O7/c20-15-11-6-2-3-7-12(11)16(21)17(15,22)14(19(25)26)9-10-5-1-4-8-13(10)18(23)24/h1-9,22H/b14-9-. The van der Waals surface area contributed by atoms with Gasteiger partial charge in [-0.15, -0.1) is 0 Å². The van der Waals surface area contributed by atoms with Gasteiger partial charge in [0.15, 0.2) is 0 Å². The molecule has 0 fully saturated rings.